The molecule has 0 spiro atoms. The van der Waals surface area contributed by atoms with Crippen LogP contribution < -0.4 is 38.9 Å². The van der Waals surface area contributed by atoms with Crippen LogP contribution in [0.25, 0.3) is 0 Å². The number of aliphatic carboxylic acids is 1. The van der Waals surface area contributed by atoms with E-state index in [1.165, 1.54) is 12.1 Å². The SMILES string of the molecule is NCCCCC(NC(=O)C(CC(N)=O)NC(=O)C(CC(N)=O)NC(=O)C(N)Cc1ccc(O)cc1)C(=O)O. The monoisotopic (exact) mass is 537 g/mol. The minimum absolute atomic E-state index is 0.0183. The molecular formula is C23H35N7O8. The standard InChI is InChI=1S/C23H35N7O8/c24-8-2-1-3-15(23(37)38)28-21(35)17(11-19(27)33)30-22(36)16(10-18(26)32)29-20(34)14(25)9-12-4-6-13(31)7-5-12/h4-7,14-17,31H,1-3,8-11,24-25H2,(H2,26,32)(H2,27,33)(H,28,35)(H,29,34)(H,30,36)(H,37,38). The van der Waals surface area contributed by atoms with E-state index in [9.17, 15) is 39.0 Å². The summed E-state index contributed by atoms with van der Waals surface area (Å²) >= 11 is 0. The van der Waals surface area contributed by atoms with Crippen molar-refractivity contribution in [1.29, 1.82) is 0 Å². The van der Waals surface area contributed by atoms with E-state index in [1.807, 2.05) is 0 Å². The lowest BCUT2D eigenvalue weighted by molar-refractivity contribution is -0.142. The fourth-order valence-corrected chi connectivity index (χ4v) is 3.37. The van der Waals surface area contributed by atoms with Gasteiger partial charge in [0.2, 0.25) is 29.5 Å². The summed E-state index contributed by atoms with van der Waals surface area (Å²) in [6.45, 7) is 0.326. The maximum Gasteiger partial charge on any atom is 0.326 e. The Kier molecular flexibility index (Phi) is 13.2. The Bertz CT molecular complexity index is 1000. The number of hydrogen-bond donors (Lipinski definition) is 9. The number of amides is 5. The number of carbonyl (C=O) groups excluding carboxylic acids is 5. The molecule has 0 saturated heterocycles. The van der Waals surface area contributed by atoms with Crippen molar-refractivity contribution >= 4 is 35.5 Å². The smallest absolute Gasteiger partial charge is 0.326 e. The van der Waals surface area contributed by atoms with Crippen LogP contribution >= 0.6 is 0 Å². The Morgan fingerprint density at radius 2 is 1.24 bits per heavy atom. The Balaban J connectivity index is 2.96. The highest BCUT2D eigenvalue weighted by molar-refractivity contribution is 5.97. The van der Waals surface area contributed by atoms with Crippen LogP contribution in [0.15, 0.2) is 24.3 Å². The number of phenols is 1. The third-order valence-corrected chi connectivity index (χ3v) is 5.37. The first-order valence-electron chi connectivity index (χ1n) is 11.8. The van der Waals surface area contributed by atoms with E-state index < -0.39 is 72.5 Å². The summed E-state index contributed by atoms with van der Waals surface area (Å²) in [5.41, 5.74) is 22.3. The summed E-state index contributed by atoms with van der Waals surface area (Å²) in [4.78, 5) is 72.8. The Morgan fingerprint density at radius 3 is 1.68 bits per heavy atom. The third-order valence-electron chi connectivity index (χ3n) is 5.37. The molecule has 0 aliphatic carbocycles. The highest BCUT2D eigenvalue weighted by atomic mass is 16.4. The quantitative estimate of drug-likeness (QED) is 0.0891. The Labute approximate surface area is 218 Å². The van der Waals surface area contributed by atoms with E-state index in [0.717, 1.165) is 0 Å². The molecule has 5 amide bonds. The van der Waals surface area contributed by atoms with Gasteiger partial charge in [0, 0.05) is 0 Å². The van der Waals surface area contributed by atoms with E-state index in [1.54, 1.807) is 12.1 Å². The lowest BCUT2D eigenvalue weighted by atomic mass is 10.0. The summed E-state index contributed by atoms with van der Waals surface area (Å²) in [6, 6.07) is 0.258. The fraction of sp³-hybridized carbons (Fsp3) is 0.478. The molecule has 0 fully saturated rings. The van der Waals surface area contributed by atoms with E-state index in [2.05, 4.69) is 16.0 Å². The van der Waals surface area contributed by atoms with Crippen molar-refractivity contribution in [3.63, 3.8) is 0 Å². The molecule has 210 valence electrons. The van der Waals surface area contributed by atoms with Crippen LogP contribution in [0, 0.1) is 0 Å². The summed E-state index contributed by atoms with van der Waals surface area (Å²) in [5, 5.41) is 25.5. The number of rotatable bonds is 17. The van der Waals surface area contributed by atoms with Crippen LogP contribution in [-0.2, 0) is 35.2 Å². The maximum atomic E-state index is 12.9. The molecule has 1 aromatic rings. The van der Waals surface area contributed by atoms with Crippen molar-refractivity contribution in [2.75, 3.05) is 6.54 Å². The van der Waals surface area contributed by atoms with Crippen molar-refractivity contribution < 1.29 is 39.0 Å². The summed E-state index contributed by atoms with van der Waals surface area (Å²) in [5.74, 6) is -6.13. The van der Waals surface area contributed by atoms with Crippen LogP contribution in [-0.4, -0.2) is 76.4 Å². The zero-order valence-electron chi connectivity index (χ0n) is 20.7. The number of carbonyl (C=O) groups is 6. The van der Waals surface area contributed by atoms with E-state index >= 15 is 0 Å². The summed E-state index contributed by atoms with van der Waals surface area (Å²) in [6.07, 6.45) is -0.350. The minimum atomic E-state index is -1.60. The number of benzene rings is 1. The number of carboxylic acid groups (broad SMARTS) is 1. The van der Waals surface area contributed by atoms with Gasteiger partial charge in [-0.05, 0) is 49.9 Å². The number of primary amides is 2. The van der Waals surface area contributed by atoms with Crippen molar-refractivity contribution in [1.82, 2.24) is 16.0 Å². The van der Waals surface area contributed by atoms with Gasteiger partial charge < -0.3 is 49.1 Å². The maximum absolute atomic E-state index is 12.9. The van der Waals surface area contributed by atoms with Crippen LogP contribution in [0.5, 0.6) is 5.75 Å². The van der Waals surface area contributed by atoms with E-state index in [-0.39, 0.29) is 18.6 Å². The molecule has 0 aliphatic rings. The fourth-order valence-electron chi connectivity index (χ4n) is 3.37. The highest BCUT2D eigenvalue weighted by Crippen LogP contribution is 2.11. The first kappa shape index (κ1) is 31.8. The van der Waals surface area contributed by atoms with Crippen LogP contribution in [0.2, 0.25) is 0 Å². The van der Waals surface area contributed by atoms with Crippen LogP contribution in [0.1, 0.15) is 37.7 Å². The first-order valence-corrected chi connectivity index (χ1v) is 11.8. The van der Waals surface area contributed by atoms with Gasteiger partial charge in [-0.3, -0.25) is 24.0 Å². The van der Waals surface area contributed by atoms with E-state index in [0.29, 0.717) is 24.9 Å². The first-order chi connectivity index (χ1) is 17.8. The topological polar surface area (TPSA) is 283 Å². The third kappa shape index (κ3) is 11.7. The number of phenolic OH excluding ortho intramolecular Hbond substituents is 1. The molecule has 13 N–H and O–H groups in total. The van der Waals surface area contributed by atoms with Gasteiger partial charge in [-0.2, -0.15) is 0 Å². The van der Waals surface area contributed by atoms with Gasteiger partial charge in [0.05, 0.1) is 18.9 Å². The molecule has 1 aromatic carbocycles. The molecule has 0 aliphatic heterocycles. The molecule has 38 heavy (non-hydrogen) atoms. The number of hydrogen-bond acceptors (Lipinski definition) is 9. The van der Waals surface area contributed by atoms with Crippen LogP contribution in [0.3, 0.4) is 0 Å². The van der Waals surface area contributed by atoms with Gasteiger partial charge in [-0.1, -0.05) is 12.1 Å². The van der Waals surface area contributed by atoms with Crippen molar-refractivity contribution in [2.45, 2.75) is 62.7 Å². The average molecular weight is 538 g/mol. The molecule has 0 saturated carbocycles. The second-order valence-electron chi connectivity index (χ2n) is 8.62. The zero-order chi connectivity index (χ0) is 28.8. The lowest BCUT2D eigenvalue weighted by Crippen LogP contribution is -2.58. The number of carboxylic acids is 1. The largest absolute Gasteiger partial charge is 0.508 e. The second kappa shape index (κ2) is 15.8. The van der Waals surface area contributed by atoms with Crippen molar-refractivity contribution in [2.24, 2.45) is 22.9 Å². The predicted molar refractivity (Wildman–Crippen MR) is 134 cm³/mol. The van der Waals surface area contributed by atoms with Gasteiger partial charge in [0.25, 0.3) is 0 Å². The molecule has 15 heteroatoms. The van der Waals surface area contributed by atoms with Gasteiger partial charge in [-0.15, -0.1) is 0 Å². The van der Waals surface area contributed by atoms with E-state index in [4.69, 9.17) is 22.9 Å². The lowest BCUT2D eigenvalue weighted by Gasteiger charge is -2.24. The van der Waals surface area contributed by atoms with Gasteiger partial charge in [0.15, 0.2) is 0 Å². The molecular weight excluding hydrogens is 502 g/mol. The Morgan fingerprint density at radius 1 is 0.763 bits per heavy atom. The number of unbranched alkanes of at least 4 members (excludes halogenated alkanes) is 1. The van der Waals surface area contributed by atoms with Gasteiger partial charge >= 0.3 is 5.97 Å². The highest BCUT2D eigenvalue weighted by Gasteiger charge is 2.32. The van der Waals surface area contributed by atoms with Crippen LogP contribution in [0.4, 0.5) is 0 Å². The molecule has 15 nitrogen and oxygen atoms in total. The van der Waals surface area contributed by atoms with Gasteiger partial charge in [0.1, 0.15) is 23.9 Å². The zero-order valence-corrected chi connectivity index (χ0v) is 20.7. The molecule has 1 rings (SSSR count). The van der Waals surface area contributed by atoms with Crippen molar-refractivity contribution in [3.05, 3.63) is 29.8 Å². The molecule has 0 radical (unpaired) electrons. The molecule has 4 atom stereocenters. The minimum Gasteiger partial charge on any atom is -0.508 e. The summed E-state index contributed by atoms with van der Waals surface area (Å²) < 4.78 is 0. The second-order valence-corrected chi connectivity index (χ2v) is 8.62. The normalized spacial score (nSPS) is 13.8. The molecule has 0 bridgehead atoms. The summed E-state index contributed by atoms with van der Waals surface area (Å²) in [7, 11) is 0. The van der Waals surface area contributed by atoms with Crippen molar-refractivity contribution in [3.8, 4) is 5.75 Å². The van der Waals surface area contributed by atoms with Gasteiger partial charge in [-0.25, -0.2) is 4.79 Å². The number of nitrogens with one attached hydrogen (secondary N) is 3. The number of aromatic hydroxyl groups is 1. The predicted octanol–water partition coefficient (Wildman–Crippen LogP) is -3.32. The Hall–Kier alpha value is -4.24. The molecule has 4 unspecified atom stereocenters. The average Bonchev–Trinajstić information content (AvgIpc) is 2.83. The molecule has 0 aromatic heterocycles. The number of nitrogens with two attached hydrogens (primary N) is 4. The molecule has 0 heterocycles.